The second-order valence-corrected chi connectivity index (χ2v) is 8.82. The summed E-state index contributed by atoms with van der Waals surface area (Å²) in [6.45, 7) is 6.01. The predicted octanol–water partition coefficient (Wildman–Crippen LogP) is 4.51. The van der Waals surface area contributed by atoms with Crippen molar-refractivity contribution in [1.29, 1.82) is 0 Å². The largest absolute Gasteiger partial charge is 0.460 e. The summed E-state index contributed by atoms with van der Waals surface area (Å²) in [6, 6.07) is 0. The van der Waals surface area contributed by atoms with E-state index in [0.29, 0.717) is 31.0 Å². The number of rotatable bonds is 16. The van der Waals surface area contributed by atoms with Gasteiger partial charge in [-0.05, 0) is 44.4 Å². The Kier molecular flexibility index (Phi) is 12.9. The van der Waals surface area contributed by atoms with E-state index in [-0.39, 0.29) is 18.9 Å². The number of esters is 1. The molecule has 0 aliphatic heterocycles. The van der Waals surface area contributed by atoms with E-state index in [0.717, 1.165) is 31.6 Å². The monoisotopic (exact) mass is 438 g/mol. The van der Waals surface area contributed by atoms with Gasteiger partial charge in [0.2, 0.25) is 5.79 Å². The lowest BCUT2D eigenvalue weighted by Crippen LogP contribution is -2.43. The molecule has 31 heavy (non-hydrogen) atoms. The van der Waals surface area contributed by atoms with E-state index in [1.807, 2.05) is 0 Å². The smallest absolute Gasteiger partial charge is 0.380 e. The molecule has 0 aromatic carbocycles. The Labute approximate surface area is 187 Å². The van der Waals surface area contributed by atoms with Crippen LogP contribution in [0.4, 0.5) is 0 Å². The molecule has 0 aromatic rings. The van der Waals surface area contributed by atoms with Gasteiger partial charge in [0.05, 0.1) is 6.61 Å². The van der Waals surface area contributed by atoms with Gasteiger partial charge in [-0.25, -0.2) is 4.79 Å². The topological polar surface area (TPSA) is 101 Å². The number of unbranched alkanes of at least 4 members (excludes halogenated alkanes) is 3. The van der Waals surface area contributed by atoms with Crippen molar-refractivity contribution in [3.8, 4) is 0 Å². The van der Waals surface area contributed by atoms with Gasteiger partial charge in [0, 0.05) is 18.8 Å². The molecule has 0 radical (unpaired) electrons. The number of aliphatic hydroxyl groups is 2. The molecule has 6 nitrogen and oxygen atoms in total. The Morgan fingerprint density at radius 3 is 2.55 bits per heavy atom. The fourth-order valence-corrected chi connectivity index (χ4v) is 4.35. The SMILES string of the molecule is CCCC[C@H](CC)CC=C[C@H]1CCC(=O)[C@@H]1CCCCCC(O)(O)C(=O)C(=O)OCC. The highest BCUT2D eigenvalue weighted by Crippen LogP contribution is 2.34. The molecule has 1 saturated carbocycles. The highest BCUT2D eigenvalue weighted by molar-refractivity contribution is 6.36. The number of hydrogen-bond acceptors (Lipinski definition) is 6. The lowest BCUT2D eigenvalue weighted by molar-refractivity contribution is -0.193. The third-order valence-electron chi connectivity index (χ3n) is 6.42. The minimum absolute atomic E-state index is 0.00350. The van der Waals surface area contributed by atoms with Gasteiger partial charge in [-0.15, -0.1) is 0 Å². The van der Waals surface area contributed by atoms with Crippen LogP contribution in [0.25, 0.3) is 0 Å². The van der Waals surface area contributed by atoms with Gasteiger partial charge < -0.3 is 14.9 Å². The third-order valence-corrected chi connectivity index (χ3v) is 6.42. The molecular formula is C25H42O6. The minimum atomic E-state index is -2.69. The molecule has 178 valence electrons. The summed E-state index contributed by atoms with van der Waals surface area (Å²) in [7, 11) is 0. The number of ether oxygens (including phenoxy) is 1. The fourth-order valence-electron chi connectivity index (χ4n) is 4.35. The van der Waals surface area contributed by atoms with Crippen LogP contribution in [0.5, 0.6) is 0 Å². The van der Waals surface area contributed by atoms with Crippen molar-refractivity contribution in [2.24, 2.45) is 17.8 Å². The molecule has 6 heteroatoms. The van der Waals surface area contributed by atoms with Crippen molar-refractivity contribution >= 4 is 17.5 Å². The molecule has 0 amide bonds. The second-order valence-electron chi connectivity index (χ2n) is 8.82. The van der Waals surface area contributed by atoms with Gasteiger partial charge in [0.25, 0.3) is 5.78 Å². The molecule has 0 spiro atoms. The maximum Gasteiger partial charge on any atom is 0.380 e. The lowest BCUT2D eigenvalue weighted by atomic mass is 9.88. The fraction of sp³-hybridized carbons (Fsp3) is 0.800. The average Bonchev–Trinajstić information content (AvgIpc) is 3.09. The van der Waals surface area contributed by atoms with Crippen LogP contribution in [0.15, 0.2) is 12.2 Å². The lowest BCUT2D eigenvalue weighted by Gasteiger charge is -2.19. The first-order chi connectivity index (χ1) is 14.8. The highest BCUT2D eigenvalue weighted by atomic mass is 16.6. The van der Waals surface area contributed by atoms with Crippen LogP contribution < -0.4 is 0 Å². The van der Waals surface area contributed by atoms with Gasteiger partial charge in [0.1, 0.15) is 5.78 Å². The van der Waals surface area contributed by atoms with E-state index < -0.39 is 17.5 Å². The van der Waals surface area contributed by atoms with Crippen LogP contribution in [0.3, 0.4) is 0 Å². The molecule has 2 N–H and O–H groups in total. The van der Waals surface area contributed by atoms with Gasteiger partial charge >= 0.3 is 5.97 Å². The van der Waals surface area contributed by atoms with E-state index in [1.165, 1.54) is 25.7 Å². The number of allylic oxidation sites excluding steroid dienone is 2. The molecule has 3 atom stereocenters. The summed E-state index contributed by atoms with van der Waals surface area (Å²) in [5.41, 5.74) is 0. The zero-order valence-electron chi connectivity index (χ0n) is 19.6. The molecule has 1 fully saturated rings. The number of carbonyl (C=O) groups is 3. The highest BCUT2D eigenvalue weighted by Gasteiger charge is 2.38. The van der Waals surface area contributed by atoms with E-state index in [9.17, 15) is 24.6 Å². The van der Waals surface area contributed by atoms with Gasteiger partial charge in [-0.2, -0.15) is 0 Å². The van der Waals surface area contributed by atoms with Gasteiger partial charge in [-0.3, -0.25) is 9.59 Å². The molecule has 0 unspecified atom stereocenters. The first kappa shape index (κ1) is 27.5. The Morgan fingerprint density at radius 1 is 1.16 bits per heavy atom. The van der Waals surface area contributed by atoms with E-state index in [4.69, 9.17) is 0 Å². The van der Waals surface area contributed by atoms with Crippen molar-refractivity contribution < 1.29 is 29.3 Å². The van der Waals surface area contributed by atoms with E-state index in [2.05, 4.69) is 30.7 Å². The summed E-state index contributed by atoms with van der Waals surface area (Å²) in [4.78, 5) is 35.4. The molecular weight excluding hydrogens is 396 g/mol. The van der Waals surface area contributed by atoms with Crippen molar-refractivity contribution in [3.05, 3.63) is 12.2 Å². The molecule has 0 saturated heterocycles. The Bertz CT molecular complexity index is 595. The molecule has 1 aliphatic rings. The quantitative estimate of drug-likeness (QED) is 0.121. The van der Waals surface area contributed by atoms with Crippen molar-refractivity contribution in [3.63, 3.8) is 0 Å². The van der Waals surface area contributed by atoms with Crippen LogP contribution in [0, 0.1) is 17.8 Å². The normalized spacial score (nSPS) is 20.4. The van der Waals surface area contributed by atoms with Crippen LogP contribution >= 0.6 is 0 Å². The number of Topliss-reactive ketones (excluding diaryl/α,β-unsaturated/α-hetero) is 2. The number of ketones is 2. The maximum atomic E-state index is 12.3. The van der Waals surface area contributed by atoms with Crippen LogP contribution in [-0.4, -0.2) is 40.1 Å². The summed E-state index contributed by atoms with van der Waals surface area (Å²) >= 11 is 0. The van der Waals surface area contributed by atoms with Crippen LogP contribution in [0.2, 0.25) is 0 Å². The van der Waals surface area contributed by atoms with Crippen molar-refractivity contribution in [2.75, 3.05) is 6.61 Å². The zero-order valence-corrected chi connectivity index (χ0v) is 19.6. The number of hydrogen-bond donors (Lipinski definition) is 2. The maximum absolute atomic E-state index is 12.3. The molecule has 0 bridgehead atoms. The summed E-state index contributed by atoms with van der Waals surface area (Å²) < 4.78 is 4.53. The third kappa shape index (κ3) is 9.65. The van der Waals surface area contributed by atoms with Crippen molar-refractivity contribution in [1.82, 2.24) is 0 Å². The van der Waals surface area contributed by atoms with Crippen molar-refractivity contribution in [2.45, 2.75) is 104 Å². The Hall–Kier alpha value is -1.53. The average molecular weight is 439 g/mol. The van der Waals surface area contributed by atoms with E-state index >= 15 is 0 Å². The first-order valence-corrected chi connectivity index (χ1v) is 12.1. The molecule has 1 aliphatic carbocycles. The first-order valence-electron chi connectivity index (χ1n) is 12.1. The molecule has 1 rings (SSSR count). The minimum Gasteiger partial charge on any atom is -0.460 e. The molecule has 0 heterocycles. The summed E-state index contributed by atoms with van der Waals surface area (Å²) in [5, 5.41) is 19.7. The Morgan fingerprint density at radius 2 is 1.90 bits per heavy atom. The predicted molar refractivity (Wildman–Crippen MR) is 120 cm³/mol. The summed E-state index contributed by atoms with van der Waals surface area (Å²) in [5.74, 6) is -3.84. The van der Waals surface area contributed by atoms with Gasteiger partial charge in [0.15, 0.2) is 0 Å². The number of carbonyl (C=O) groups excluding carboxylic acids is 3. The molecule has 0 aromatic heterocycles. The van der Waals surface area contributed by atoms with Crippen LogP contribution in [0.1, 0.15) is 97.8 Å². The second kappa shape index (κ2) is 14.5. The van der Waals surface area contributed by atoms with Crippen LogP contribution in [-0.2, 0) is 19.1 Å². The van der Waals surface area contributed by atoms with Gasteiger partial charge in [-0.1, -0.05) is 64.5 Å². The zero-order chi connectivity index (χ0) is 23.3. The Balaban J connectivity index is 2.40. The summed E-state index contributed by atoms with van der Waals surface area (Å²) in [6.07, 6.45) is 14.5. The standard InChI is InChI=1S/C25H42O6/c1-4-7-12-19(5-2)13-11-14-20-16-17-22(26)21(20)15-9-8-10-18-25(29,30)23(27)24(28)31-6-3/h11,14,19-21,29-30H,4-10,12-13,15-18H2,1-3H3/t19-,20-,21+/m0/s1. The van der Waals surface area contributed by atoms with E-state index in [1.54, 1.807) is 6.92 Å².